The van der Waals surface area contributed by atoms with Crippen LogP contribution >= 0.6 is 27.3 Å². The van der Waals surface area contributed by atoms with Gasteiger partial charge in [-0.15, -0.1) is 11.3 Å². The first-order valence-corrected chi connectivity index (χ1v) is 14.0. The van der Waals surface area contributed by atoms with E-state index in [2.05, 4.69) is 47.3 Å². The lowest BCUT2D eigenvalue weighted by Gasteiger charge is -2.34. The highest BCUT2D eigenvalue weighted by molar-refractivity contribution is 9.10. The molecule has 0 spiro atoms. The van der Waals surface area contributed by atoms with Crippen molar-refractivity contribution in [2.24, 2.45) is 11.3 Å². The highest BCUT2D eigenvalue weighted by Crippen LogP contribution is 2.47. The van der Waals surface area contributed by atoms with Crippen molar-refractivity contribution in [3.8, 4) is 11.5 Å². The van der Waals surface area contributed by atoms with Gasteiger partial charge in [0, 0.05) is 4.88 Å². The highest BCUT2D eigenvalue weighted by atomic mass is 79.9. The second kappa shape index (κ2) is 9.80. The summed E-state index contributed by atoms with van der Waals surface area (Å²) in [6.07, 6.45) is 2.61. The van der Waals surface area contributed by atoms with E-state index in [-0.39, 0.29) is 11.3 Å². The number of ether oxygens (including phenoxy) is 2. The Labute approximate surface area is 229 Å². The van der Waals surface area contributed by atoms with E-state index in [0.29, 0.717) is 27.5 Å². The molecule has 2 heterocycles. The van der Waals surface area contributed by atoms with Gasteiger partial charge in [0.05, 0.1) is 22.7 Å². The molecule has 0 fully saturated rings. The number of thiophene rings is 1. The summed E-state index contributed by atoms with van der Waals surface area (Å²) >= 11 is 5.24. The monoisotopic (exact) mass is 582 g/mol. The van der Waals surface area contributed by atoms with Gasteiger partial charge in [0.2, 0.25) is 0 Å². The molecule has 2 atom stereocenters. The number of fused-ring (bicyclic) bond motifs is 3. The van der Waals surface area contributed by atoms with E-state index in [0.717, 1.165) is 41.0 Å². The van der Waals surface area contributed by atoms with Gasteiger partial charge in [0.15, 0.2) is 11.5 Å². The van der Waals surface area contributed by atoms with Crippen molar-refractivity contribution in [1.29, 1.82) is 0 Å². The number of halogens is 1. The van der Waals surface area contributed by atoms with Gasteiger partial charge in [-0.25, -0.2) is 4.79 Å². The molecule has 3 aromatic rings. The molecule has 2 aliphatic rings. The number of nitrogens with one attached hydrogen (secondary N) is 2. The maximum atomic E-state index is 13.3. The fourth-order valence-corrected chi connectivity index (χ4v) is 6.94. The van der Waals surface area contributed by atoms with Crippen molar-refractivity contribution in [1.82, 2.24) is 5.32 Å². The molecule has 2 unspecified atom stereocenters. The van der Waals surface area contributed by atoms with E-state index < -0.39 is 12.1 Å². The first-order valence-electron chi connectivity index (χ1n) is 12.4. The number of carbonyl (C=O) groups is 2. The quantitative estimate of drug-likeness (QED) is 0.254. The van der Waals surface area contributed by atoms with Crippen LogP contribution < -0.4 is 20.1 Å². The SMILES string of the molecule is COc1cc(C2NC(=O)c3c(sc4c3CCC(C(C)(C)C)C4)N2)cc(Br)c1OC(=O)c1ccc(C)cc1. The maximum absolute atomic E-state index is 13.3. The summed E-state index contributed by atoms with van der Waals surface area (Å²) in [5, 5.41) is 7.55. The number of aryl methyl sites for hydroxylation is 1. The molecule has 6 nitrogen and oxygen atoms in total. The Hall–Kier alpha value is -2.84. The van der Waals surface area contributed by atoms with E-state index in [1.807, 2.05) is 25.1 Å². The number of hydrogen-bond donors (Lipinski definition) is 2. The Morgan fingerprint density at radius 1 is 1.14 bits per heavy atom. The zero-order chi connectivity index (χ0) is 26.5. The molecular formula is C29H31BrN2O4S. The Kier molecular flexibility index (Phi) is 6.83. The van der Waals surface area contributed by atoms with Crippen LogP contribution in [0.5, 0.6) is 11.5 Å². The summed E-state index contributed by atoms with van der Waals surface area (Å²) in [6, 6.07) is 10.8. The van der Waals surface area contributed by atoms with Crippen LogP contribution in [0.3, 0.4) is 0 Å². The molecule has 37 heavy (non-hydrogen) atoms. The van der Waals surface area contributed by atoms with Crippen LogP contribution in [0.4, 0.5) is 5.00 Å². The van der Waals surface area contributed by atoms with Gasteiger partial charge in [0.1, 0.15) is 11.2 Å². The molecule has 194 valence electrons. The normalized spacial score (nSPS) is 18.8. The molecule has 2 N–H and O–H groups in total. The summed E-state index contributed by atoms with van der Waals surface area (Å²) in [5.74, 6) is 0.757. The van der Waals surface area contributed by atoms with Crippen molar-refractivity contribution >= 4 is 44.1 Å². The molecule has 0 saturated carbocycles. The summed E-state index contributed by atoms with van der Waals surface area (Å²) in [4.78, 5) is 27.3. The predicted octanol–water partition coefficient (Wildman–Crippen LogP) is 7.05. The third-order valence-corrected chi connectivity index (χ3v) is 9.11. The van der Waals surface area contributed by atoms with Gasteiger partial charge in [-0.3, -0.25) is 4.79 Å². The minimum Gasteiger partial charge on any atom is -0.493 e. The summed E-state index contributed by atoms with van der Waals surface area (Å²) in [6.45, 7) is 8.85. The number of rotatable bonds is 4. The van der Waals surface area contributed by atoms with Crippen molar-refractivity contribution in [2.75, 3.05) is 12.4 Å². The first kappa shape index (κ1) is 25.8. The number of benzene rings is 2. The molecule has 1 aromatic heterocycles. The molecule has 0 radical (unpaired) electrons. The minimum atomic E-state index is -0.474. The van der Waals surface area contributed by atoms with Gasteiger partial charge in [-0.05, 0) is 88.8 Å². The van der Waals surface area contributed by atoms with Crippen LogP contribution in [0, 0.1) is 18.3 Å². The average Bonchev–Trinajstić information content (AvgIpc) is 3.23. The molecule has 1 aliphatic carbocycles. The van der Waals surface area contributed by atoms with E-state index in [9.17, 15) is 9.59 Å². The third kappa shape index (κ3) is 5.01. The Morgan fingerprint density at radius 2 is 1.86 bits per heavy atom. The van der Waals surface area contributed by atoms with Gasteiger partial charge in [-0.1, -0.05) is 38.5 Å². The second-order valence-corrected chi connectivity index (χ2v) is 12.8. The molecule has 1 aliphatic heterocycles. The Balaban J connectivity index is 1.40. The van der Waals surface area contributed by atoms with Crippen LogP contribution in [-0.2, 0) is 12.8 Å². The summed E-state index contributed by atoms with van der Waals surface area (Å²) < 4.78 is 11.8. The van der Waals surface area contributed by atoms with Crippen LogP contribution in [0.2, 0.25) is 0 Å². The smallest absolute Gasteiger partial charge is 0.343 e. The number of esters is 1. The van der Waals surface area contributed by atoms with E-state index in [4.69, 9.17) is 9.47 Å². The van der Waals surface area contributed by atoms with Crippen LogP contribution in [-0.4, -0.2) is 19.0 Å². The second-order valence-electron chi connectivity index (χ2n) is 10.9. The summed E-state index contributed by atoms with van der Waals surface area (Å²) in [5.41, 5.74) is 4.53. The number of amides is 1. The van der Waals surface area contributed by atoms with Gasteiger partial charge >= 0.3 is 5.97 Å². The van der Waals surface area contributed by atoms with E-state index in [1.54, 1.807) is 29.5 Å². The zero-order valence-corrected chi connectivity index (χ0v) is 24.1. The van der Waals surface area contributed by atoms with Crippen LogP contribution in [0.25, 0.3) is 0 Å². The number of methoxy groups -OCH3 is 1. The largest absolute Gasteiger partial charge is 0.493 e. The number of hydrogen-bond acceptors (Lipinski definition) is 6. The average molecular weight is 584 g/mol. The Morgan fingerprint density at radius 3 is 2.54 bits per heavy atom. The van der Waals surface area contributed by atoms with E-state index >= 15 is 0 Å². The Bertz CT molecular complexity index is 1370. The lowest BCUT2D eigenvalue weighted by Crippen LogP contribution is -2.38. The molecule has 0 saturated heterocycles. The molecule has 2 aromatic carbocycles. The van der Waals surface area contributed by atoms with Crippen molar-refractivity contribution in [3.63, 3.8) is 0 Å². The fourth-order valence-electron chi connectivity index (χ4n) is 5.05. The predicted molar refractivity (Wildman–Crippen MR) is 150 cm³/mol. The standard InChI is InChI=1S/C29H31BrN2O4S/c1-15-6-8-16(9-7-15)28(34)36-24-20(30)12-17(13-21(24)35-5)25-31-26(33)23-19-11-10-18(29(2,3)4)14-22(19)37-27(23)32-25/h6-9,12-13,18,25,32H,10-11,14H2,1-5H3,(H,31,33). The molecule has 0 bridgehead atoms. The lowest BCUT2D eigenvalue weighted by molar-refractivity contribution is 0.0728. The first-order chi connectivity index (χ1) is 17.5. The number of anilines is 1. The van der Waals surface area contributed by atoms with Crippen molar-refractivity contribution in [3.05, 3.63) is 73.6 Å². The minimum absolute atomic E-state index is 0.0598. The van der Waals surface area contributed by atoms with Gasteiger partial charge in [0.25, 0.3) is 5.91 Å². The fraction of sp³-hybridized carbons (Fsp3) is 0.379. The van der Waals surface area contributed by atoms with E-state index in [1.165, 1.54) is 17.6 Å². The third-order valence-electron chi connectivity index (χ3n) is 7.34. The highest BCUT2D eigenvalue weighted by Gasteiger charge is 2.37. The molecule has 5 rings (SSSR count). The lowest BCUT2D eigenvalue weighted by atomic mass is 9.72. The molecule has 1 amide bonds. The zero-order valence-electron chi connectivity index (χ0n) is 21.7. The van der Waals surface area contributed by atoms with Crippen LogP contribution in [0.1, 0.15) is 75.6 Å². The maximum Gasteiger partial charge on any atom is 0.343 e. The number of carbonyl (C=O) groups excluding carboxylic acids is 2. The van der Waals surface area contributed by atoms with Crippen LogP contribution in [0.15, 0.2) is 40.9 Å². The van der Waals surface area contributed by atoms with Gasteiger partial charge < -0.3 is 20.1 Å². The van der Waals surface area contributed by atoms with Crippen molar-refractivity contribution in [2.45, 2.75) is 53.1 Å². The molecular weight excluding hydrogens is 552 g/mol. The molecule has 8 heteroatoms. The topological polar surface area (TPSA) is 76.7 Å². The summed E-state index contributed by atoms with van der Waals surface area (Å²) in [7, 11) is 1.53. The van der Waals surface area contributed by atoms with Gasteiger partial charge in [-0.2, -0.15) is 0 Å². The van der Waals surface area contributed by atoms with Crippen molar-refractivity contribution < 1.29 is 19.1 Å².